The average Bonchev–Trinajstić information content (AvgIpc) is 2.39. The first-order valence-corrected chi connectivity index (χ1v) is 6.45. The number of hydrogen-bond donors (Lipinski definition) is 0. The Kier molecular flexibility index (Phi) is 8.08. The van der Waals surface area contributed by atoms with Crippen LogP contribution in [-0.4, -0.2) is 24.1 Å². The minimum atomic E-state index is -0.495. The van der Waals surface area contributed by atoms with E-state index in [0.717, 1.165) is 12.7 Å². The summed E-state index contributed by atoms with van der Waals surface area (Å²) in [5.41, 5.74) is 0. The normalized spacial score (nSPS) is 15.5. The molecule has 3 atom stereocenters. The van der Waals surface area contributed by atoms with Crippen LogP contribution in [0.25, 0.3) is 0 Å². The zero-order chi connectivity index (χ0) is 14.1. The quantitative estimate of drug-likeness (QED) is 0.441. The van der Waals surface area contributed by atoms with Gasteiger partial charge in [-0.15, -0.1) is 0 Å². The second-order valence-electron chi connectivity index (χ2n) is 4.74. The molecule has 0 heterocycles. The third kappa shape index (κ3) is 4.90. The Morgan fingerprint density at radius 2 is 1.78 bits per heavy atom. The first kappa shape index (κ1) is 16.7. The Bertz CT molecular complexity index is 309. The first-order valence-electron chi connectivity index (χ1n) is 6.45. The predicted octanol–water partition coefficient (Wildman–Crippen LogP) is 1.99. The van der Waals surface area contributed by atoms with Crippen LogP contribution in [0.4, 0.5) is 0 Å². The summed E-state index contributed by atoms with van der Waals surface area (Å²) < 4.78 is 0. The van der Waals surface area contributed by atoms with E-state index in [1.54, 1.807) is 6.92 Å². The van der Waals surface area contributed by atoms with Gasteiger partial charge < -0.3 is 9.59 Å². The highest BCUT2D eigenvalue weighted by Gasteiger charge is 2.31. The molecule has 0 bridgehead atoms. The second-order valence-corrected chi connectivity index (χ2v) is 4.74. The van der Waals surface area contributed by atoms with Crippen LogP contribution in [0.5, 0.6) is 0 Å². The zero-order valence-corrected chi connectivity index (χ0v) is 11.3. The molecule has 0 N–H and O–H groups in total. The molecule has 0 aromatic heterocycles. The summed E-state index contributed by atoms with van der Waals surface area (Å²) in [7, 11) is 0. The van der Waals surface area contributed by atoms with Crippen LogP contribution in [0.15, 0.2) is 0 Å². The van der Waals surface area contributed by atoms with E-state index in [1.807, 2.05) is 13.8 Å². The van der Waals surface area contributed by atoms with Crippen molar-refractivity contribution in [3.05, 3.63) is 0 Å². The maximum Gasteiger partial charge on any atom is 0.201 e. The second kappa shape index (κ2) is 8.72. The summed E-state index contributed by atoms with van der Waals surface area (Å²) >= 11 is 0. The van der Waals surface area contributed by atoms with Crippen LogP contribution >= 0.6 is 0 Å². The van der Waals surface area contributed by atoms with Crippen molar-refractivity contribution in [3.8, 4) is 0 Å². The van der Waals surface area contributed by atoms with Crippen molar-refractivity contribution in [2.24, 2.45) is 17.8 Å². The van der Waals surface area contributed by atoms with E-state index in [4.69, 9.17) is 0 Å². The molecule has 4 heteroatoms. The molecule has 4 nitrogen and oxygen atoms in total. The standard InChI is InChI=1S/C14H22O4/c1-4-6-12(11(3)10(2)9-16)14(18)13(17)7-5-8-15/h8-12H,4-7H2,1-3H3. The van der Waals surface area contributed by atoms with Gasteiger partial charge in [0.2, 0.25) is 5.78 Å². The molecule has 0 aliphatic rings. The summed E-state index contributed by atoms with van der Waals surface area (Å²) in [6.45, 7) is 5.52. The Labute approximate surface area is 108 Å². The summed E-state index contributed by atoms with van der Waals surface area (Å²) in [5, 5.41) is 0. The van der Waals surface area contributed by atoms with Gasteiger partial charge in [0.25, 0.3) is 0 Å². The van der Waals surface area contributed by atoms with Gasteiger partial charge in [-0.1, -0.05) is 27.2 Å². The molecule has 0 aliphatic carbocycles. The highest BCUT2D eigenvalue weighted by atomic mass is 16.2. The number of rotatable bonds is 10. The number of carbonyl (C=O) groups is 4. The van der Waals surface area contributed by atoms with Gasteiger partial charge in [-0.25, -0.2) is 0 Å². The summed E-state index contributed by atoms with van der Waals surface area (Å²) in [6, 6.07) is 0. The van der Waals surface area contributed by atoms with E-state index >= 15 is 0 Å². The van der Waals surface area contributed by atoms with E-state index in [0.29, 0.717) is 12.7 Å². The topological polar surface area (TPSA) is 68.3 Å². The van der Waals surface area contributed by atoms with Gasteiger partial charge >= 0.3 is 0 Å². The number of ketones is 2. The largest absolute Gasteiger partial charge is 0.303 e. The zero-order valence-electron chi connectivity index (χ0n) is 11.3. The third-order valence-corrected chi connectivity index (χ3v) is 3.38. The van der Waals surface area contributed by atoms with Crippen LogP contribution in [0.3, 0.4) is 0 Å². The molecular weight excluding hydrogens is 232 g/mol. The van der Waals surface area contributed by atoms with Crippen molar-refractivity contribution in [1.29, 1.82) is 0 Å². The fourth-order valence-electron chi connectivity index (χ4n) is 1.95. The lowest BCUT2D eigenvalue weighted by Crippen LogP contribution is -2.32. The van der Waals surface area contributed by atoms with Crippen molar-refractivity contribution in [3.63, 3.8) is 0 Å². The van der Waals surface area contributed by atoms with Gasteiger partial charge in [-0.3, -0.25) is 9.59 Å². The van der Waals surface area contributed by atoms with Crippen LogP contribution in [0, 0.1) is 17.8 Å². The highest BCUT2D eigenvalue weighted by Crippen LogP contribution is 2.25. The van der Waals surface area contributed by atoms with Crippen molar-refractivity contribution in [1.82, 2.24) is 0 Å². The fourth-order valence-corrected chi connectivity index (χ4v) is 1.95. The van der Waals surface area contributed by atoms with Gasteiger partial charge in [0.05, 0.1) is 0 Å². The smallest absolute Gasteiger partial charge is 0.201 e. The van der Waals surface area contributed by atoms with Gasteiger partial charge in [0.15, 0.2) is 5.78 Å². The fraction of sp³-hybridized carbons (Fsp3) is 0.714. The lowest BCUT2D eigenvalue weighted by molar-refractivity contribution is -0.141. The summed E-state index contributed by atoms with van der Waals surface area (Å²) in [6.07, 6.45) is 2.90. The SMILES string of the molecule is CCCC(C(=O)C(=O)CCC=O)C(C)C(C)C=O. The van der Waals surface area contributed by atoms with Crippen LogP contribution in [-0.2, 0) is 19.2 Å². The Hall–Kier alpha value is -1.32. The molecule has 0 fully saturated rings. The molecule has 0 aromatic carbocycles. The van der Waals surface area contributed by atoms with E-state index in [-0.39, 0.29) is 24.7 Å². The lowest BCUT2D eigenvalue weighted by Gasteiger charge is -2.24. The molecule has 18 heavy (non-hydrogen) atoms. The molecule has 0 aromatic rings. The van der Waals surface area contributed by atoms with Crippen molar-refractivity contribution in [2.45, 2.75) is 46.5 Å². The van der Waals surface area contributed by atoms with Gasteiger partial charge in [0, 0.05) is 24.7 Å². The van der Waals surface area contributed by atoms with Crippen LogP contribution < -0.4 is 0 Å². The molecular formula is C14H22O4. The minimum Gasteiger partial charge on any atom is -0.303 e. The molecule has 0 amide bonds. The van der Waals surface area contributed by atoms with Crippen LogP contribution in [0.1, 0.15) is 46.5 Å². The highest BCUT2D eigenvalue weighted by molar-refractivity contribution is 6.38. The number of carbonyl (C=O) groups excluding carboxylic acids is 4. The van der Waals surface area contributed by atoms with E-state index in [1.165, 1.54) is 0 Å². The van der Waals surface area contributed by atoms with Crippen molar-refractivity contribution < 1.29 is 19.2 Å². The molecule has 102 valence electrons. The number of hydrogen-bond acceptors (Lipinski definition) is 4. The first-order chi connectivity index (χ1) is 8.49. The molecule has 0 saturated carbocycles. The van der Waals surface area contributed by atoms with E-state index in [9.17, 15) is 19.2 Å². The number of aldehydes is 2. The summed E-state index contributed by atoms with van der Waals surface area (Å²) in [5.74, 6) is -1.72. The van der Waals surface area contributed by atoms with Crippen LogP contribution in [0.2, 0.25) is 0 Å². The molecule has 0 saturated heterocycles. The van der Waals surface area contributed by atoms with Gasteiger partial charge in [-0.2, -0.15) is 0 Å². The maximum atomic E-state index is 12.0. The Morgan fingerprint density at radius 3 is 2.22 bits per heavy atom. The summed E-state index contributed by atoms with van der Waals surface area (Å²) in [4.78, 5) is 44.6. The third-order valence-electron chi connectivity index (χ3n) is 3.38. The maximum absolute atomic E-state index is 12.0. The monoisotopic (exact) mass is 254 g/mol. The number of Topliss-reactive ketones (excluding diaryl/α,β-unsaturated/α-hetero) is 2. The van der Waals surface area contributed by atoms with Gasteiger partial charge in [-0.05, 0) is 12.3 Å². The van der Waals surface area contributed by atoms with E-state index < -0.39 is 17.5 Å². The Morgan fingerprint density at radius 1 is 1.17 bits per heavy atom. The van der Waals surface area contributed by atoms with Crippen molar-refractivity contribution >= 4 is 24.1 Å². The molecule has 0 spiro atoms. The molecule has 0 radical (unpaired) electrons. The minimum absolute atomic E-state index is 0.0231. The molecule has 0 aliphatic heterocycles. The van der Waals surface area contributed by atoms with E-state index in [2.05, 4.69) is 0 Å². The molecule has 0 rings (SSSR count). The van der Waals surface area contributed by atoms with Crippen molar-refractivity contribution in [2.75, 3.05) is 0 Å². The Balaban J connectivity index is 4.76. The molecule has 3 unspecified atom stereocenters. The predicted molar refractivity (Wildman–Crippen MR) is 68.1 cm³/mol. The van der Waals surface area contributed by atoms with Gasteiger partial charge in [0.1, 0.15) is 12.6 Å². The average molecular weight is 254 g/mol. The lowest BCUT2D eigenvalue weighted by atomic mass is 9.78.